The van der Waals surface area contributed by atoms with Crippen LogP contribution in [0.4, 0.5) is 13.2 Å². The van der Waals surface area contributed by atoms with Gasteiger partial charge < -0.3 is 20.3 Å². The third-order valence-electron chi connectivity index (χ3n) is 8.91. The molecule has 2 amide bonds. The lowest BCUT2D eigenvalue weighted by Gasteiger charge is -2.45. The number of amides is 2. The Balaban J connectivity index is 1.13. The van der Waals surface area contributed by atoms with Crippen molar-refractivity contribution in [3.63, 3.8) is 0 Å². The van der Waals surface area contributed by atoms with Crippen LogP contribution in [-0.4, -0.2) is 103 Å². The Morgan fingerprint density at radius 1 is 1.08 bits per heavy atom. The van der Waals surface area contributed by atoms with Crippen LogP contribution in [0.25, 0.3) is 0 Å². The second-order valence-electron chi connectivity index (χ2n) is 11.5. The highest BCUT2D eigenvalue weighted by Crippen LogP contribution is 2.38. The fourth-order valence-electron chi connectivity index (χ4n) is 6.78. The molecule has 0 bridgehead atoms. The zero-order valence-corrected chi connectivity index (χ0v) is 23.7. The van der Waals surface area contributed by atoms with Crippen LogP contribution >= 0.6 is 23.4 Å². The van der Waals surface area contributed by atoms with E-state index < -0.39 is 18.3 Å². The molecule has 5 saturated heterocycles. The normalized spacial score (nSPS) is 43.2. The molecule has 39 heavy (non-hydrogen) atoms. The van der Waals surface area contributed by atoms with Crippen molar-refractivity contribution in [1.82, 2.24) is 37.0 Å². The van der Waals surface area contributed by atoms with Crippen LogP contribution in [0.3, 0.4) is 0 Å². The molecule has 6 N–H and O–H groups in total. The molecule has 5 aliphatic rings. The number of rotatable bonds is 5. The lowest BCUT2D eigenvalue weighted by atomic mass is 9.70. The number of piperidine rings is 2. The number of ether oxygens (including phenoxy) is 1. The van der Waals surface area contributed by atoms with E-state index in [4.69, 9.17) is 16.3 Å². The first kappa shape index (κ1) is 29.6. The summed E-state index contributed by atoms with van der Waals surface area (Å²) in [5, 5.41) is 13.4. The molecule has 10 nitrogen and oxygen atoms in total. The molecule has 15 heteroatoms. The fourth-order valence-corrected chi connectivity index (χ4v) is 8.48. The Kier molecular flexibility index (Phi) is 9.24. The number of hydrazine groups is 1. The van der Waals surface area contributed by atoms with E-state index in [-0.39, 0.29) is 70.8 Å². The minimum absolute atomic E-state index is 0.000611. The molecule has 222 valence electrons. The summed E-state index contributed by atoms with van der Waals surface area (Å²) in [4.78, 5) is 28.2. The average Bonchev–Trinajstić information content (AvgIpc) is 3.46. The summed E-state index contributed by atoms with van der Waals surface area (Å²) in [5.74, 6) is -0.0951. The molecule has 0 aromatic heterocycles. The Morgan fingerprint density at radius 3 is 2.54 bits per heavy atom. The molecule has 5 fully saturated rings. The van der Waals surface area contributed by atoms with E-state index in [1.807, 2.05) is 0 Å². The molecule has 5 rings (SSSR count). The summed E-state index contributed by atoms with van der Waals surface area (Å²) in [5.41, 5.74) is 4.40. The molecule has 0 aromatic carbocycles. The maximum atomic E-state index is 13.5. The van der Waals surface area contributed by atoms with Crippen LogP contribution in [0.5, 0.6) is 0 Å². The van der Waals surface area contributed by atoms with Gasteiger partial charge in [0.15, 0.2) is 0 Å². The number of carbonyl (C=O) groups excluding carboxylic acids is 2. The number of nitrogens with zero attached hydrogens (tertiary/aromatic N) is 1. The van der Waals surface area contributed by atoms with Crippen molar-refractivity contribution in [3.05, 3.63) is 0 Å². The Bertz CT molecular complexity index is 886. The van der Waals surface area contributed by atoms with E-state index in [1.54, 1.807) is 23.8 Å². The Labute approximate surface area is 235 Å². The van der Waals surface area contributed by atoms with Crippen molar-refractivity contribution < 1.29 is 27.5 Å². The second kappa shape index (κ2) is 12.2. The van der Waals surface area contributed by atoms with Crippen LogP contribution in [0.2, 0.25) is 0 Å². The largest absolute Gasteiger partial charge is 0.405 e. The van der Waals surface area contributed by atoms with Crippen LogP contribution in [0.15, 0.2) is 0 Å². The highest BCUT2D eigenvalue weighted by molar-refractivity contribution is 8.00. The highest BCUT2D eigenvalue weighted by Gasteiger charge is 2.48. The summed E-state index contributed by atoms with van der Waals surface area (Å²) < 4.78 is 44.5. The summed E-state index contributed by atoms with van der Waals surface area (Å²) in [7, 11) is 1.71. The van der Waals surface area contributed by atoms with Gasteiger partial charge in [-0.15, -0.1) is 23.4 Å². The summed E-state index contributed by atoms with van der Waals surface area (Å²) in [6, 6.07) is -2.02. The van der Waals surface area contributed by atoms with E-state index in [2.05, 4.69) is 39.0 Å². The number of carbonyl (C=O) groups is 2. The minimum Gasteiger partial charge on any atom is -0.380 e. The average molecular weight is 598 g/mol. The first-order valence-electron chi connectivity index (χ1n) is 13.8. The molecule has 0 radical (unpaired) electrons. The predicted octanol–water partition coefficient (Wildman–Crippen LogP) is 0.293. The topological polar surface area (TPSA) is 119 Å². The maximum absolute atomic E-state index is 13.5. The van der Waals surface area contributed by atoms with Gasteiger partial charge in [-0.05, 0) is 44.4 Å². The molecule has 0 spiro atoms. The lowest BCUT2D eigenvalue weighted by Crippen LogP contribution is -2.61. The molecular weight excluding hydrogens is 559 g/mol. The van der Waals surface area contributed by atoms with Gasteiger partial charge in [0.2, 0.25) is 11.8 Å². The SMILES string of the molecule is COC1CNC(Cl)CC1C1CC(C)NCC1C(=O)NC1NC2CN(C(=O)C3CCC(C(F)(F)F)NN3)CC2S1. The molecule has 0 saturated carbocycles. The predicted molar refractivity (Wildman–Crippen MR) is 142 cm³/mol. The zero-order chi connectivity index (χ0) is 27.9. The Hall–Kier alpha value is -0.870. The molecule has 5 aliphatic heterocycles. The van der Waals surface area contributed by atoms with Gasteiger partial charge in [0.05, 0.1) is 17.5 Å². The monoisotopic (exact) mass is 597 g/mol. The van der Waals surface area contributed by atoms with Crippen LogP contribution in [0, 0.1) is 17.8 Å². The van der Waals surface area contributed by atoms with Gasteiger partial charge in [-0.25, -0.2) is 10.9 Å². The summed E-state index contributed by atoms with van der Waals surface area (Å²) in [6.45, 7) is 4.33. The number of nitrogens with one attached hydrogen (secondary N) is 6. The van der Waals surface area contributed by atoms with E-state index in [0.717, 1.165) is 12.8 Å². The van der Waals surface area contributed by atoms with Crippen molar-refractivity contribution in [2.75, 3.05) is 33.3 Å². The molecule has 0 aromatic rings. The van der Waals surface area contributed by atoms with Crippen molar-refractivity contribution in [2.24, 2.45) is 17.8 Å². The zero-order valence-electron chi connectivity index (χ0n) is 22.1. The number of methoxy groups -OCH3 is 1. The van der Waals surface area contributed by atoms with Crippen LogP contribution < -0.4 is 32.1 Å². The molecule has 5 heterocycles. The van der Waals surface area contributed by atoms with Crippen molar-refractivity contribution in [2.45, 2.75) is 85.3 Å². The van der Waals surface area contributed by atoms with Crippen LogP contribution in [-0.2, 0) is 14.3 Å². The third kappa shape index (κ3) is 6.63. The molecule has 11 unspecified atom stereocenters. The number of halogens is 4. The maximum Gasteiger partial charge on any atom is 0.405 e. The standard InChI is InChI=1S/C24H39ClF3N7O3S/c1-11-5-12(13-6-20(25)30-8-17(13)38-2)14(7-29-11)21(36)32-23-31-16-9-35(10-18(16)39-23)22(37)15-3-4-19(34-33-15)24(26,27)28/h11-20,23,29-31,33-34H,3-10H2,1-2H3,(H,32,36). The highest BCUT2D eigenvalue weighted by atomic mass is 35.5. The lowest BCUT2D eigenvalue weighted by molar-refractivity contribution is -0.167. The fraction of sp³-hybridized carbons (Fsp3) is 0.917. The number of thioether (sulfide) groups is 1. The van der Waals surface area contributed by atoms with E-state index >= 15 is 0 Å². The number of fused-ring (bicyclic) bond motifs is 1. The quantitative estimate of drug-likeness (QED) is 0.196. The number of likely N-dealkylation sites (tertiary alicyclic amines) is 1. The van der Waals surface area contributed by atoms with E-state index in [0.29, 0.717) is 32.2 Å². The van der Waals surface area contributed by atoms with Gasteiger partial charge >= 0.3 is 6.18 Å². The van der Waals surface area contributed by atoms with E-state index in [9.17, 15) is 22.8 Å². The first-order chi connectivity index (χ1) is 18.5. The molecule has 11 atom stereocenters. The molecular formula is C24H39ClF3N7O3S. The van der Waals surface area contributed by atoms with Gasteiger partial charge in [-0.2, -0.15) is 13.2 Å². The number of hydrogen-bond acceptors (Lipinski definition) is 9. The number of hydrogen-bond donors (Lipinski definition) is 6. The number of alkyl halides is 4. The summed E-state index contributed by atoms with van der Waals surface area (Å²) in [6.07, 6.45) is -2.74. The minimum atomic E-state index is -4.34. The third-order valence-corrected chi connectivity index (χ3v) is 10.6. The smallest absolute Gasteiger partial charge is 0.380 e. The summed E-state index contributed by atoms with van der Waals surface area (Å²) >= 11 is 8.03. The van der Waals surface area contributed by atoms with Crippen LogP contribution in [0.1, 0.15) is 32.6 Å². The molecule has 0 aliphatic carbocycles. The van der Waals surface area contributed by atoms with Crippen molar-refractivity contribution >= 4 is 35.2 Å². The first-order valence-corrected chi connectivity index (χ1v) is 15.1. The van der Waals surface area contributed by atoms with Crippen molar-refractivity contribution in [1.29, 1.82) is 0 Å². The van der Waals surface area contributed by atoms with E-state index in [1.165, 1.54) is 0 Å². The van der Waals surface area contributed by atoms with Gasteiger partial charge in [0, 0.05) is 50.6 Å². The van der Waals surface area contributed by atoms with Crippen molar-refractivity contribution in [3.8, 4) is 0 Å². The van der Waals surface area contributed by atoms with Gasteiger partial charge in [0.1, 0.15) is 17.6 Å². The Morgan fingerprint density at radius 2 is 1.87 bits per heavy atom. The van der Waals surface area contributed by atoms with Gasteiger partial charge in [0.25, 0.3) is 0 Å². The second-order valence-corrected chi connectivity index (χ2v) is 13.3. The van der Waals surface area contributed by atoms with Gasteiger partial charge in [-0.1, -0.05) is 0 Å². The van der Waals surface area contributed by atoms with Gasteiger partial charge in [-0.3, -0.25) is 20.2 Å².